The van der Waals surface area contributed by atoms with E-state index in [2.05, 4.69) is 9.80 Å². The average molecular weight is 382 g/mol. The molecule has 1 aromatic heterocycles. The van der Waals surface area contributed by atoms with Crippen LogP contribution in [-0.4, -0.2) is 59.6 Å². The van der Waals surface area contributed by atoms with Crippen LogP contribution in [0.2, 0.25) is 0 Å². The molecule has 1 aromatic carbocycles. The molecule has 1 unspecified atom stereocenters. The minimum atomic E-state index is -0.247. The first-order valence-corrected chi connectivity index (χ1v) is 10.7. The number of likely N-dealkylation sites (tertiary alicyclic amines) is 2. The maximum Gasteiger partial charge on any atom is 0.340 e. The first-order valence-electron chi connectivity index (χ1n) is 10.7. The molecule has 0 bridgehead atoms. The van der Waals surface area contributed by atoms with E-state index in [9.17, 15) is 4.79 Å². The normalized spacial score (nSPS) is 20.9. The monoisotopic (exact) mass is 381 g/mol. The maximum atomic E-state index is 12.8. The van der Waals surface area contributed by atoms with Crippen LogP contribution in [0.5, 0.6) is 0 Å². The summed E-state index contributed by atoms with van der Waals surface area (Å²) in [4.78, 5) is 22.8. The van der Waals surface area contributed by atoms with Crippen LogP contribution in [0, 0.1) is 6.92 Å². The highest BCUT2D eigenvalue weighted by atomic mass is 16.5. The van der Waals surface area contributed by atoms with E-state index >= 15 is 0 Å². The predicted molar refractivity (Wildman–Crippen MR) is 112 cm³/mol. The van der Waals surface area contributed by atoms with Gasteiger partial charge in [-0.2, -0.15) is 0 Å². The number of pyridine rings is 1. The number of ether oxygens (including phenoxy) is 1. The highest BCUT2D eigenvalue weighted by Gasteiger charge is 2.30. The summed E-state index contributed by atoms with van der Waals surface area (Å²) in [5, 5.41) is 1.03. The Kier molecular flexibility index (Phi) is 5.93. The topological polar surface area (TPSA) is 45.7 Å². The number of carbonyl (C=O) groups is 1. The molecular formula is C23H31N3O2. The second-order valence-electron chi connectivity index (χ2n) is 8.07. The fraction of sp³-hybridized carbons (Fsp3) is 0.565. The molecule has 0 radical (unpaired) electrons. The van der Waals surface area contributed by atoms with Crippen LogP contribution in [0.25, 0.3) is 10.9 Å². The number of para-hydroxylation sites is 1. The Labute approximate surface area is 167 Å². The Morgan fingerprint density at radius 1 is 1.18 bits per heavy atom. The van der Waals surface area contributed by atoms with Gasteiger partial charge in [0.25, 0.3) is 0 Å². The summed E-state index contributed by atoms with van der Waals surface area (Å²) in [6, 6.07) is 8.64. The van der Waals surface area contributed by atoms with Gasteiger partial charge in [0.15, 0.2) is 0 Å². The SMILES string of the molecule is CCOC(=O)c1c(CN2CCCC2CN2CCCC2)nc2ccccc2c1C. The van der Waals surface area contributed by atoms with E-state index < -0.39 is 0 Å². The summed E-state index contributed by atoms with van der Waals surface area (Å²) < 4.78 is 5.39. The van der Waals surface area contributed by atoms with Crippen molar-refractivity contribution in [1.29, 1.82) is 0 Å². The van der Waals surface area contributed by atoms with Gasteiger partial charge in [0.2, 0.25) is 0 Å². The van der Waals surface area contributed by atoms with E-state index in [1.807, 2.05) is 38.1 Å². The molecule has 0 saturated carbocycles. The molecule has 150 valence electrons. The molecule has 0 spiro atoms. The van der Waals surface area contributed by atoms with Crippen molar-refractivity contribution in [1.82, 2.24) is 14.8 Å². The number of rotatable bonds is 6. The second kappa shape index (κ2) is 8.58. The van der Waals surface area contributed by atoms with Gasteiger partial charge < -0.3 is 9.64 Å². The van der Waals surface area contributed by atoms with E-state index in [0.29, 0.717) is 18.2 Å². The molecule has 0 aliphatic carbocycles. The number of aryl methyl sites for hydroxylation is 1. The predicted octanol–water partition coefficient (Wildman–Crippen LogP) is 3.78. The van der Waals surface area contributed by atoms with Crippen molar-refractivity contribution in [3.63, 3.8) is 0 Å². The van der Waals surface area contributed by atoms with Gasteiger partial charge in [0, 0.05) is 24.5 Å². The Hall–Kier alpha value is -1.98. The summed E-state index contributed by atoms with van der Waals surface area (Å²) in [7, 11) is 0. The third-order valence-corrected chi connectivity index (χ3v) is 6.23. The van der Waals surface area contributed by atoms with Gasteiger partial charge in [0.05, 0.1) is 23.4 Å². The van der Waals surface area contributed by atoms with Gasteiger partial charge in [0.1, 0.15) is 0 Å². The first kappa shape index (κ1) is 19.3. The molecule has 2 aromatic rings. The van der Waals surface area contributed by atoms with Crippen molar-refractivity contribution in [3.8, 4) is 0 Å². The number of fused-ring (bicyclic) bond motifs is 1. The minimum absolute atomic E-state index is 0.247. The van der Waals surface area contributed by atoms with Crippen LogP contribution in [0.3, 0.4) is 0 Å². The van der Waals surface area contributed by atoms with Gasteiger partial charge in [-0.1, -0.05) is 18.2 Å². The molecule has 0 N–H and O–H groups in total. The van der Waals surface area contributed by atoms with Gasteiger partial charge >= 0.3 is 5.97 Å². The van der Waals surface area contributed by atoms with E-state index in [0.717, 1.165) is 41.8 Å². The summed E-state index contributed by atoms with van der Waals surface area (Å²) in [6.45, 7) is 9.65. The molecule has 2 aliphatic heterocycles. The maximum absolute atomic E-state index is 12.8. The Morgan fingerprint density at radius 3 is 2.75 bits per heavy atom. The molecule has 2 saturated heterocycles. The average Bonchev–Trinajstić information content (AvgIpc) is 3.35. The molecule has 0 amide bonds. The number of benzene rings is 1. The van der Waals surface area contributed by atoms with Crippen molar-refractivity contribution in [2.24, 2.45) is 0 Å². The molecule has 5 nitrogen and oxygen atoms in total. The molecule has 1 atom stereocenters. The lowest BCUT2D eigenvalue weighted by molar-refractivity contribution is 0.0522. The number of nitrogens with zero attached hydrogens (tertiary/aromatic N) is 3. The summed E-state index contributed by atoms with van der Waals surface area (Å²) in [5.74, 6) is -0.247. The first-order chi connectivity index (χ1) is 13.7. The number of aromatic nitrogens is 1. The second-order valence-corrected chi connectivity index (χ2v) is 8.07. The van der Waals surface area contributed by atoms with Gasteiger partial charge in [-0.25, -0.2) is 4.79 Å². The Morgan fingerprint density at radius 2 is 1.96 bits per heavy atom. The summed E-state index contributed by atoms with van der Waals surface area (Å²) in [6.07, 6.45) is 5.11. The van der Waals surface area contributed by atoms with Crippen LogP contribution in [-0.2, 0) is 11.3 Å². The van der Waals surface area contributed by atoms with Gasteiger partial charge in [-0.05, 0) is 70.8 Å². The fourth-order valence-electron chi connectivity index (χ4n) is 4.79. The molecule has 28 heavy (non-hydrogen) atoms. The van der Waals surface area contributed by atoms with Crippen LogP contribution < -0.4 is 0 Å². The Bertz CT molecular complexity index is 845. The molecule has 3 heterocycles. The van der Waals surface area contributed by atoms with Crippen molar-refractivity contribution < 1.29 is 9.53 Å². The lowest BCUT2D eigenvalue weighted by Gasteiger charge is -2.29. The van der Waals surface area contributed by atoms with Crippen LogP contribution >= 0.6 is 0 Å². The van der Waals surface area contributed by atoms with E-state index in [-0.39, 0.29) is 5.97 Å². The third kappa shape index (κ3) is 3.91. The zero-order chi connectivity index (χ0) is 19.5. The van der Waals surface area contributed by atoms with Crippen molar-refractivity contribution in [2.75, 3.05) is 32.8 Å². The quantitative estimate of drug-likeness (QED) is 0.713. The lowest BCUT2D eigenvalue weighted by atomic mass is 10.0. The summed E-state index contributed by atoms with van der Waals surface area (Å²) >= 11 is 0. The zero-order valence-corrected chi connectivity index (χ0v) is 17.1. The van der Waals surface area contributed by atoms with Crippen LogP contribution in [0.15, 0.2) is 24.3 Å². The van der Waals surface area contributed by atoms with E-state index in [1.165, 1.54) is 38.8 Å². The fourth-order valence-corrected chi connectivity index (χ4v) is 4.79. The van der Waals surface area contributed by atoms with E-state index in [1.54, 1.807) is 0 Å². The standard InChI is InChI=1S/C23H31N3O2/c1-3-28-23(27)22-17(2)19-10-4-5-11-20(19)24-21(22)16-26-14-8-9-18(26)15-25-12-6-7-13-25/h4-5,10-11,18H,3,6-9,12-16H2,1-2H3. The Balaban J connectivity index is 1.64. The summed E-state index contributed by atoms with van der Waals surface area (Å²) in [5.41, 5.74) is 3.46. The van der Waals surface area contributed by atoms with Crippen LogP contribution in [0.1, 0.15) is 54.2 Å². The third-order valence-electron chi connectivity index (χ3n) is 6.23. The van der Waals surface area contributed by atoms with E-state index in [4.69, 9.17) is 9.72 Å². The lowest BCUT2D eigenvalue weighted by Crippen LogP contribution is -2.39. The zero-order valence-electron chi connectivity index (χ0n) is 17.1. The molecule has 5 heteroatoms. The van der Waals surface area contributed by atoms with Gasteiger partial charge in [-0.15, -0.1) is 0 Å². The number of esters is 1. The highest BCUT2D eigenvalue weighted by molar-refractivity contribution is 5.98. The molecular weight excluding hydrogens is 350 g/mol. The van der Waals surface area contributed by atoms with Crippen LogP contribution in [0.4, 0.5) is 0 Å². The largest absolute Gasteiger partial charge is 0.462 e. The highest BCUT2D eigenvalue weighted by Crippen LogP contribution is 2.28. The number of carbonyl (C=O) groups excluding carboxylic acids is 1. The van der Waals surface area contributed by atoms with Crippen molar-refractivity contribution in [2.45, 2.75) is 52.1 Å². The van der Waals surface area contributed by atoms with Gasteiger partial charge in [-0.3, -0.25) is 9.88 Å². The van der Waals surface area contributed by atoms with Crippen molar-refractivity contribution >= 4 is 16.9 Å². The molecule has 2 aliphatic rings. The smallest absolute Gasteiger partial charge is 0.340 e. The molecule has 2 fully saturated rings. The van der Waals surface area contributed by atoms with Crippen molar-refractivity contribution in [3.05, 3.63) is 41.1 Å². The molecule has 4 rings (SSSR count). The number of hydrogen-bond acceptors (Lipinski definition) is 5. The minimum Gasteiger partial charge on any atom is -0.462 e. The number of hydrogen-bond donors (Lipinski definition) is 0.